The first-order chi connectivity index (χ1) is 8.43. The van der Waals surface area contributed by atoms with Crippen molar-refractivity contribution in [1.82, 2.24) is 0 Å². The van der Waals surface area contributed by atoms with E-state index in [9.17, 15) is 9.59 Å². The fraction of sp³-hybridized carbons (Fsp3) is 0.692. The molecule has 0 unspecified atom stereocenters. The summed E-state index contributed by atoms with van der Waals surface area (Å²) in [6.45, 7) is 9.70. The Morgan fingerprint density at radius 3 is 2.33 bits per heavy atom. The second-order valence-electron chi connectivity index (χ2n) is 4.16. The molecule has 0 bridgehead atoms. The number of rotatable bonds is 9. The zero-order valence-corrected chi connectivity index (χ0v) is 11.4. The molecule has 0 atom stereocenters. The summed E-state index contributed by atoms with van der Waals surface area (Å²) in [7, 11) is 0. The smallest absolute Gasteiger partial charge is 0.333 e. The van der Waals surface area contributed by atoms with Crippen molar-refractivity contribution in [1.29, 1.82) is 0 Å². The summed E-state index contributed by atoms with van der Waals surface area (Å²) in [5.41, 5.74) is 0.350. The summed E-state index contributed by atoms with van der Waals surface area (Å²) >= 11 is 0. The molecule has 5 heteroatoms. The lowest BCUT2D eigenvalue weighted by atomic mass is 10.3. The molecule has 0 amide bonds. The van der Waals surface area contributed by atoms with E-state index in [0.717, 1.165) is 0 Å². The first kappa shape index (κ1) is 16.6. The van der Waals surface area contributed by atoms with Gasteiger partial charge in [0.05, 0.1) is 19.3 Å². The molecule has 0 N–H and O–H groups in total. The fourth-order valence-corrected chi connectivity index (χ4v) is 1.02. The predicted molar refractivity (Wildman–Crippen MR) is 67.1 cm³/mol. The van der Waals surface area contributed by atoms with Crippen molar-refractivity contribution < 1.29 is 23.8 Å². The molecule has 0 saturated carbocycles. The van der Waals surface area contributed by atoms with E-state index in [1.807, 2.05) is 13.8 Å². The largest absolute Gasteiger partial charge is 0.463 e. The van der Waals surface area contributed by atoms with Crippen LogP contribution in [0, 0.1) is 0 Å². The van der Waals surface area contributed by atoms with E-state index in [1.165, 1.54) is 0 Å². The maximum Gasteiger partial charge on any atom is 0.333 e. The van der Waals surface area contributed by atoms with Crippen LogP contribution in [0.25, 0.3) is 0 Å². The highest BCUT2D eigenvalue weighted by Gasteiger charge is 2.06. The lowest BCUT2D eigenvalue weighted by Gasteiger charge is -2.08. The summed E-state index contributed by atoms with van der Waals surface area (Å²) in [5.74, 6) is -0.748. The molecule has 0 spiro atoms. The van der Waals surface area contributed by atoms with Gasteiger partial charge in [-0.1, -0.05) is 6.58 Å². The van der Waals surface area contributed by atoms with Crippen LogP contribution in [0.5, 0.6) is 0 Å². The van der Waals surface area contributed by atoms with Crippen molar-refractivity contribution in [2.24, 2.45) is 0 Å². The molecule has 0 rings (SSSR count). The maximum atomic E-state index is 11.2. The molecule has 0 aliphatic rings. The second-order valence-corrected chi connectivity index (χ2v) is 4.16. The Morgan fingerprint density at radius 2 is 1.78 bits per heavy atom. The normalized spacial score (nSPS) is 10.2. The Kier molecular flexibility index (Phi) is 8.92. The van der Waals surface area contributed by atoms with E-state index in [0.29, 0.717) is 18.6 Å². The van der Waals surface area contributed by atoms with Gasteiger partial charge >= 0.3 is 11.9 Å². The van der Waals surface area contributed by atoms with Gasteiger partial charge in [-0.3, -0.25) is 4.79 Å². The molecule has 0 heterocycles. The fourth-order valence-electron chi connectivity index (χ4n) is 1.02. The minimum Gasteiger partial charge on any atom is -0.463 e. The van der Waals surface area contributed by atoms with Gasteiger partial charge in [0.2, 0.25) is 0 Å². The quantitative estimate of drug-likeness (QED) is 0.359. The summed E-state index contributed by atoms with van der Waals surface area (Å²) in [4.78, 5) is 22.2. The van der Waals surface area contributed by atoms with Gasteiger partial charge in [-0.05, 0) is 27.2 Å². The highest BCUT2D eigenvalue weighted by molar-refractivity contribution is 5.86. The summed E-state index contributed by atoms with van der Waals surface area (Å²) in [5, 5.41) is 0. The maximum absolute atomic E-state index is 11.2. The van der Waals surface area contributed by atoms with Gasteiger partial charge in [-0.25, -0.2) is 4.79 Å². The second kappa shape index (κ2) is 9.65. The highest BCUT2D eigenvalue weighted by atomic mass is 16.6. The van der Waals surface area contributed by atoms with Gasteiger partial charge in [0.1, 0.15) is 6.61 Å². The van der Waals surface area contributed by atoms with Crippen molar-refractivity contribution in [2.75, 3.05) is 19.8 Å². The van der Waals surface area contributed by atoms with Crippen molar-refractivity contribution in [2.45, 2.75) is 39.7 Å². The van der Waals surface area contributed by atoms with Gasteiger partial charge in [-0.2, -0.15) is 0 Å². The third kappa shape index (κ3) is 9.84. The lowest BCUT2D eigenvalue weighted by Crippen LogP contribution is -2.14. The first-order valence-corrected chi connectivity index (χ1v) is 6.03. The molecular weight excluding hydrogens is 236 g/mol. The molecule has 0 aromatic rings. The van der Waals surface area contributed by atoms with E-state index in [4.69, 9.17) is 14.2 Å². The van der Waals surface area contributed by atoms with E-state index >= 15 is 0 Å². The van der Waals surface area contributed by atoms with E-state index < -0.39 is 5.97 Å². The van der Waals surface area contributed by atoms with Crippen LogP contribution >= 0.6 is 0 Å². The van der Waals surface area contributed by atoms with Crippen molar-refractivity contribution in [3.05, 3.63) is 12.2 Å². The van der Waals surface area contributed by atoms with Gasteiger partial charge < -0.3 is 14.2 Å². The molecule has 5 nitrogen and oxygen atoms in total. The number of carbonyl (C=O) groups is 2. The van der Waals surface area contributed by atoms with Gasteiger partial charge in [-0.15, -0.1) is 0 Å². The number of hydrogen-bond donors (Lipinski definition) is 0. The number of hydrogen-bond acceptors (Lipinski definition) is 5. The molecule has 0 aliphatic carbocycles. The van der Waals surface area contributed by atoms with Crippen molar-refractivity contribution in [3.8, 4) is 0 Å². The van der Waals surface area contributed by atoms with E-state index in [-0.39, 0.29) is 31.7 Å². The summed E-state index contributed by atoms with van der Waals surface area (Å²) < 4.78 is 15.0. The molecule has 104 valence electrons. The summed E-state index contributed by atoms with van der Waals surface area (Å²) in [6.07, 6.45) is 0.805. The first-order valence-electron chi connectivity index (χ1n) is 6.03. The SMILES string of the molecule is C=C(C)C(=O)OCCCC(=O)OCCOC(C)C. The predicted octanol–water partition coefficient (Wildman–Crippen LogP) is 1.85. The lowest BCUT2D eigenvalue weighted by molar-refractivity contribution is -0.147. The Hall–Kier alpha value is -1.36. The van der Waals surface area contributed by atoms with Crippen LogP contribution in [0.4, 0.5) is 0 Å². The molecule has 0 aromatic carbocycles. The minimum absolute atomic E-state index is 0.130. The van der Waals surface area contributed by atoms with Crippen LogP contribution in [-0.2, 0) is 23.8 Å². The highest BCUT2D eigenvalue weighted by Crippen LogP contribution is 1.98. The van der Waals surface area contributed by atoms with Gasteiger partial charge in [0, 0.05) is 12.0 Å². The Labute approximate surface area is 108 Å². The zero-order valence-electron chi connectivity index (χ0n) is 11.4. The van der Waals surface area contributed by atoms with E-state index in [2.05, 4.69) is 6.58 Å². The third-order valence-electron chi connectivity index (χ3n) is 1.90. The molecule has 0 fully saturated rings. The molecule has 0 saturated heterocycles. The summed E-state index contributed by atoms with van der Waals surface area (Å²) in [6, 6.07) is 0. The number of ether oxygens (including phenoxy) is 3. The average Bonchev–Trinajstić information content (AvgIpc) is 2.29. The zero-order chi connectivity index (χ0) is 14.0. The Balaban J connectivity index is 3.43. The van der Waals surface area contributed by atoms with Gasteiger partial charge in [0.25, 0.3) is 0 Å². The minimum atomic E-state index is -0.436. The molecular formula is C13H22O5. The van der Waals surface area contributed by atoms with Crippen LogP contribution in [0.15, 0.2) is 12.2 Å². The molecule has 0 radical (unpaired) electrons. The van der Waals surface area contributed by atoms with Crippen LogP contribution in [0.2, 0.25) is 0 Å². The molecule has 0 aromatic heterocycles. The van der Waals surface area contributed by atoms with Crippen molar-refractivity contribution in [3.63, 3.8) is 0 Å². The van der Waals surface area contributed by atoms with E-state index in [1.54, 1.807) is 6.92 Å². The number of carbonyl (C=O) groups excluding carboxylic acids is 2. The number of esters is 2. The standard InChI is InChI=1S/C13H22O5/c1-10(2)13(15)18-7-5-6-12(14)17-9-8-16-11(3)4/h11H,1,5-9H2,2-4H3. The topological polar surface area (TPSA) is 61.8 Å². The Bertz CT molecular complexity index is 283. The van der Waals surface area contributed by atoms with Crippen LogP contribution < -0.4 is 0 Å². The molecule has 18 heavy (non-hydrogen) atoms. The van der Waals surface area contributed by atoms with Crippen molar-refractivity contribution >= 4 is 11.9 Å². The van der Waals surface area contributed by atoms with Gasteiger partial charge in [0.15, 0.2) is 0 Å². The molecule has 0 aliphatic heterocycles. The third-order valence-corrected chi connectivity index (χ3v) is 1.90. The van der Waals surface area contributed by atoms with Crippen LogP contribution in [0.3, 0.4) is 0 Å². The van der Waals surface area contributed by atoms with Crippen LogP contribution in [-0.4, -0.2) is 37.9 Å². The Morgan fingerprint density at radius 1 is 1.11 bits per heavy atom. The van der Waals surface area contributed by atoms with Crippen LogP contribution in [0.1, 0.15) is 33.6 Å². The monoisotopic (exact) mass is 258 g/mol. The average molecular weight is 258 g/mol.